The van der Waals surface area contributed by atoms with Gasteiger partial charge in [-0.2, -0.15) is 8.42 Å². The minimum atomic E-state index is -4.02. The highest BCUT2D eigenvalue weighted by Gasteiger charge is 2.52. The molecule has 2 aromatic carbocycles. The molecule has 2 aliphatic rings. The van der Waals surface area contributed by atoms with Crippen LogP contribution in [0.15, 0.2) is 59.5 Å². The predicted molar refractivity (Wildman–Crippen MR) is 101 cm³/mol. The molecule has 0 amide bonds. The van der Waals surface area contributed by atoms with Crippen LogP contribution in [0.25, 0.3) is 0 Å². The zero-order valence-electron chi connectivity index (χ0n) is 15.4. The van der Waals surface area contributed by atoms with Gasteiger partial charge in [-0.15, -0.1) is 0 Å². The van der Waals surface area contributed by atoms with Crippen LogP contribution in [0.4, 0.5) is 0 Å². The van der Waals surface area contributed by atoms with Crippen LogP contribution in [-0.2, 0) is 35.1 Å². The zero-order chi connectivity index (χ0) is 19.7. The smallest absolute Gasteiger partial charge is 0.297 e. The van der Waals surface area contributed by atoms with Gasteiger partial charge in [0.25, 0.3) is 10.1 Å². The quantitative estimate of drug-likeness (QED) is 0.731. The van der Waals surface area contributed by atoms with Crippen molar-refractivity contribution in [1.29, 1.82) is 0 Å². The zero-order valence-corrected chi connectivity index (χ0v) is 16.2. The van der Waals surface area contributed by atoms with Crippen molar-refractivity contribution in [1.82, 2.24) is 0 Å². The first-order chi connectivity index (χ1) is 13.4. The molecule has 0 radical (unpaired) electrons. The number of hydrogen-bond acceptors (Lipinski definition) is 7. The Kier molecular flexibility index (Phi) is 5.50. The summed E-state index contributed by atoms with van der Waals surface area (Å²) < 4.78 is 48.1. The van der Waals surface area contributed by atoms with Crippen LogP contribution in [-0.4, -0.2) is 45.7 Å². The summed E-state index contributed by atoms with van der Waals surface area (Å²) in [6.45, 7) is 2.49. The summed E-state index contributed by atoms with van der Waals surface area (Å²) in [5.41, 5.74) is 8.28. The lowest BCUT2D eigenvalue weighted by molar-refractivity contribution is -0.193. The summed E-state index contributed by atoms with van der Waals surface area (Å²) in [6, 6.07) is 15.4. The lowest BCUT2D eigenvalue weighted by Crippen LogP contribution is -2.60. The van der Waals surface area contributed by atoms with Crippen LogP contribution in [0.1, 0.15) is 11.1 Å². The number of fused-ring (bicyclic) bond motifs is 2. The summed E-state index contributed by atoms with van der Waals surface area (Å²) in [5, 5.41) is 0. The Labute approximate surface area is 164 Å². The molecule has 0 spiro atoms. The third-order valence-corrected chi connectivity index (χ3v) is 6.28. The molecule has 5 atom stereocenters. The highest BCUT2D eigenvalue weighted by atomic mass is 32.2. The van der Waals surface area contributed by atoms with Crippen molar-refractivity contribution in [3.63, 3.8) is 0 Å². The Bertz CT molecular complexity index is 902. The lowest BCUT2D eigenvalue weighted by Gasteiger charge is -2.38. The molecule has 8 heteroatoms. The first kappa shape index (κ1) is 19.5. The third kappa shape index (κ3) is 3.98. The number of ether oxygens (including phenoxy) is 3. The standard InChI is InChI=1S/C20H23NO6S/c1-13-7-9-15(10-8-13)28(22,23)27-19-17(21)18(16-12-25-20(19)26-16)24-11-14-5-3-2-4-6-14/h2-10,16-20H,11-12,21H2,1H3/t16-,17+,18-,19-,20-/m1/s1. The van der Waals surface area contributed by atoms with Crippen molar-refractivity contribution in [2.75, 3.05) is 6.61 Å². The lowest BCUT2D eigenvalue weighted by atomic mass is 9.99. The van der Waals surface area contributed by atoms with E-state index in [0.717, 1.165) is 11.1 Å². The Balaban J connectivity index is 1.49. The van der Waals surface area contributed by atoms with Crippen LogP contribution in [0.2, 0.25) is 0 Å². The SMILES string of the molecule is Cc1ccc(S(=O)(=O)O[C@H]2[C@@H]3OC[C@@H](O3)[C@@H](OCc3ccccc3)[C@@H]2N)cc1. The Morgan fingerprint density at radius 2 is 1.79 bits per heavy atom. The number of nitrogens with two attached hydrogens (primary N) is 1. The fourth-order valence-electron chi connectivity index (χ4n) is 3.40. The van der Waals surface area contributed by atoms with Gasteiger partial charge in [-0.3, -0.25) is 4.18 Å². The van der Waals surface area contributed by atoms with E-state index in [-0.39, 0.29) is 17.6 Å². The second-order valence-electron chi connectivity index (χ2n) is 7.04. The predicted octanol–water partition coefficient (Wildman–Crippen LogP) is 1.74. The van der Waals surface area contributed by atoms with Crippen molar-refractivity contribution in [3.8, 4) is 0 Å². The molecule has 0 aliphatic carbocycles. The van der Waals surface area contributed by atoms with Gasteiger partial charge < -0.3 is 19.9 Å². The highest BCUT2D eigenvalue weighted by Crippen LogP contribution is 2.33. The molecule has 150 valence electrons. The molecule has 7 nitrogen and oxygen atoms in total. The number of aryl methyl sites for hydroxylation is 1. The van der Waals surface area contributed by atoms with E-state index < -0.39 is 34.7 Å². The molecule has 0 unspecified atom stereocenters. The molecule has 0 saturated carbocycles. The molecule has 2 aromatic rings. The van der Waals surface area contributed by atoms with E-state index in [1.807, 2.05) is 37.3 Å². The summed E-state index contributed by atoms with van der Waals surface area (Å²) in [4.78, 5) is 0.0622. The molecule has 0 aromatic heterocycles. The van der Waals surface area contributed by atoms with Gasteiger partial charge in [-0.25, -0.2) is 0 Å². The average molecular weight is 405 g/mol. The topological polar surface area (TPSA) is 97.1 Å². The fourth-order valence-corrected chi connectivity index (χ4v) is 4.49. The van der Waals surface area contributed by atoms with Gasteiger partial charge in [0.2, 0.25) is 0 Å². The van der Waals surface area contributed by atoms with Crippen LogP contribution < -0.4 is 5.73 Å². The van der Waals surface area contributed by atoms with E-state index in [0.29, 0.717) is 6.61 Å². The molecule has 2 aliphatic heterocycles. The normalized spacial score (nSPS) is 29.7. The molecule has 2 N–H and O–H groups in total. The number of hydrogen-bond donors (Lipinski definition) is 1. The van der Waals surface area contributed by atoms with Gasteiger partial charge in [0.15, 0.2) is 6.29 Å². The number of benzene rings is 2. The van der Waals surface area contributed by atoms with Crippen molar-refractivity contribution >= 4 is 10.1 Å². The van der Waals surface area contributed by atoms with E-state index in [4.69, 9.17) is 24.1 Å². The molecular weight excluding hydrogens is 382 g/mol. The van der Waals surface area contributed by atoms with Crippen molar-refractivity contribution < 1.29 is 26.8 Å². The van der Waals surface area contributed by atoms with E-state index in [1.54, 1.807) is 12.1 Å². The van der Waals surface area contributed by atoms with E-state index >= 15 is 0 Å². The van der Waals surface area contributed by atoms with E-state index in [9.17, 15) is 8.42 Å². The second kappa shape index (κ2) is 7.90. The largest absolute Gasteiger partial charge is 0.369 e. The second-order valence-corrected chi connectivity index (χ2v) is 8.61. The van der Waals surface area contributed by atoms with E-state index in [2.05, 4.69) is 0 Å². The molecule has 2 saturated heterocycles. The van der Waals surface area contributed by atoms with Gasteiger partial charge in [-0.05, 0) is 24.6 Å². The number of rotatable bonds is 6. The van der Waals surface area contributed by atoms with Gasteiger partial charge in [0.1, 0.15) is 18.3 Å². The summed E-state index contributed by atoms with van der Waals surface area (Å²) in [6.07, 6.45) is -2.73. The summed E-state index contributed by atoms with van der Waals surface area (Å²) in [5.74, 6) is 0. The molecule has 28 heavy (non-hydrogen) atoms. The Morgan fingerprint density at radius 1 is 1.07 bits per heavy atom. The van der Waals surface area contributed by atoms with Crippen molar-refractivity contribution in [2.24, 2.45) is 5.73 Å². The van der Waals surface area contributed by atoms with Crippen molar-refractivity contribution in [3.05, 3.63) is 65.7 Å². The Hall–Kier alpha value is -1.81. The van der Waals surface area contributed by atoms with Crippen molar-refractivity contribution in [2.45, 2.75) is 49.1 Å². The van der Waals surface area contributed by atoms with Gasteiger partial charge >= 0.3 is 0 Å². The molecule has 2 bridgehead atoms. The van der Waals surface area contributed by atoms with Crippen LogP contribution in [0, 0.1) is 6.92 Å². The van der Waals surface area contributed by atoms with Crippen LogP contribution in [0.3, 0.4) is 0 Å². The van der Waals surface area contributed by atoms with Crippen LogP contribution >= 0.6 is 0 Å². The summed E-state index contributed by atoms with van der Waals surface area (Å²) >= 11 is 0. The van der Waals surface area contributed by atoms with Gasteiger partial charge in [0, 0.05) is 0 Å². The first-order valence-corrected chi connectivity index (χ1v) is 10.5. The van der Waals surface area contributed by atoms with Crippen LogP contribution in [0.5, 0.6) is 0 Å². The maximum Gasteiger partial charge on any atom is 0.297 e. The first-order valence-electron chi connectivity index (χ1n) is 9.12. The highest BCUT2D eigenvalue weighted by molar-refractivity contribution is 7.86. The Morgan fingerprint density at radius 3 is 2.50 bits per heavy atom. The molecule has 4 rings (SSSR count). The maximum absolute atomic E-state index is 12.7. The minimum Gasteiger partial charge on any atom is -0.369 e. The third-order valence-electron chi connectivity index (χ3n) is 4.96. The van der Waals surface area contributed by atoms with Gasteiger partial charge in [-0.1, -0.05) is 48.0 Å². The minimum absolute atomic E-state index is 0.0622. The maximum atomic E-state index is 12.7. The molecule has 2 fully saturated rings. The average Bonchev–Trinajstić information content (AvgIpc) is 3.12. The molecule has 2 heterocycles. The molecular formula is C20H23NO6S. The summed E-state index contributed by atoms with van der Waals surface area (Å²) in [7, 11) is -4.02. The monoisotopic (exact) mass is 405 g/mol. The van der Waals surface area contributed by atoms with E-state index in [1.165, 1.54) is 12.1 Å². The fraction of sp³-hybridized carbons (Fsp3) is 0.400. The van der Waals surface area contributed by atoms with Gasteiger partial charge in [0.05, 0.1) is 24.2 Å².